The summed E-state index contributed by atoms with van der Waals surface area (Å²) in [6.45, 7) is 1.46. The summed E-state index contributed by atoms with van der Waals surface area (Å²) in [5, 5.41) is 2.75. The number of hydrogen-bond acceptors (Lipinski definition) is 4. The van der Waals surface area contributed by atoms with Gasteiger partial charge in [-0.3, -0.25) is 4.79 Å². The molecule has 140 valence electrons. The second-order valence-electron chi connectivity index (χ2n) is 6.20. The van der Waals surface area contributed by atoms with Gasteiger partial charge in [0.1, 0.15) is 10.0 Å². The summed E-state index contributed by atoms with van der Waals surface area (Å²) in [4.78, 5) is 12.7. The standard InChI is InChI=1S/C18H21FN2O3S2/c19-16-6-2-1-5-14(16)9-10-20-17(22)13-15-7-8-18(25-15)26(23,24)21-11-3-4-12-21/h1-2,5-8H,3-4,9-13H2,(H,20,22). The van der Waals surface area contributed by atoms with Crippen LogP contribution in [0.2, 0.25) is 0 Å². The summed E-state index contributed by atoms with van der Waals surface area (Å²) in [5.41, 5.74) is 0.558. The van der Waals surface area contributed by atoms with Gasteiger partial charge in [-0.25, -0.2) is 12.8 Å². The molecule has 2 aromatic rings. The van der Waals surface area contributed by atoms with Crippen molar-refractivity contribution in [3.8, 4) is 0 Å². The Balaban J connectivity index is 1.52. The molecule has 2 heterocycles. The smallest absolute Gasteiger partial charge is 0.252 e. The molecule has 1 aliphatic heterocycles. The van der Waals surface area contributed by atoms with Crippen LogP contribution in [0.15, 0.2) is 40.6 Å². The van der Waals surface area contributed by atoms with Crippen LogP contribution in [0.1, 0.15) is 23.3 Å². The molecule has 1 fully saturated rings. The fourth-order valence-electron chi connectivity index (χ4n) is 2.91. The highest BCUT2D eigenvalue weighted by Crippen LogP contribution is 2.27. The van der Waals surface area contributed by atoms with E-state index in [1.807, 2.05) is 0 Å². The van der Waals surface area contributed by atoms with E-state index < -0.39 is 10.0 Å². The first-order valence-corrected chi connectivity index (χ1v) is 10.8. The maximum atomic E-state index is 13.5. The normalized spacial score (nSPS) is 15.3. The Labute approximate surface area is 156 Å². The molecule has 1 amide bonds. The molecule has 0 saturated carbocycles. The third-order valence-electron chi connectivity index (χ3n) is 4.31. The van der Waals surface area contributed by atoms with Crippen LogP contribution in [0.5, 0.6) is 0 Å². The van der Waals surface area contributed by atoms with E-state index in [0.29, 0.717) is 36.5 Å². The Morgan fingerprint density at radius 3 is 2.62 bits per heavy atom. The summed E-state index contributed by atoms with van der Waals surface area (Å²) in [6, 6.07) is 9.72. The zero-order valence-electron chi connectivity index (χ0n) is 14.3. The number of sulfonamides is 1. The summed E-state index contributed by atoms with van der Waals surface area (Å²) < 4.78 is 40.3. The lowest BCUT2D eigenvalue weighted by atomic mass is 10.1. The topological polar surface area (TPSA) is 66.5 Å². The highest BCUT2D eigenvalue weighted by Gasteiger charge is 2.28. The molecule has 0 spiro atoms. The van der Waals surface area contributed by atoms with Crippen molar-refractivity contribution in [2.75, 3.05) is 19.6 Å². The minimum absolute atomic E-state index is 0.122. The van der Waals surface area contributed by atoms with E-state index in [4.69, 9.17) is 0 Å². The Morgan fingerprint density at radius 1 is 1.15 bits per heavy atom. The molecule has 8 heteroatoms. The number of rotatable bonds is 7. The van der Waals surface area contributed by atoms with Crippen molar-refractivity contribution in [2.24, 2.45) is 0 Å². The average molecular weight is 397 g/mol. The van der Waals surface area contributed by atoms with Crippen molar-refractivity contribution in [3.05, 3.63) is 52.7 Å². The van der Waals surface area contributed by atoms with Gasteiger partial charge >= 0.3 is 0 Å². The number of thiophene rings is 1. The summed E-state index contributed by atoms with van der Waals surface area (Å²) in [6.07, 6.45) is 2.32. The second kappa shape index (κ2) is 8.28. The lowest BCUT2D eigenvalue weighted by Crippen LogP contribution is -2.27. The monoisotopic (exact) mass is 396 g/mol. The van der Waals surface area contributed by atoms with Gasteiger partial charge in [0, 0.05) is 24.5 Å². The zero-order chi connectivity index (χ0) is 18.6. The van der Waals surface area contributed by atoms with Gasteiger partial charge in [0.25, 0.3) is 10.0 Å². The van der Waals surface area contributed by atoms with Gasteiger partial charge < -0.3 is 5.32 Å². The molecule has 1 aromatic carbocycles. The fraction of sp³-hybridized carbons (Fsp3) is 0.389. The number of nitrogens with zero attached hydrogens (tertiary/aromatic N) is 1. The average Bonchev–Trinajstić information content (AvgIpc) is 3.28. The molecule has 0 unspecified atom stereocenters. The molecule has 0 bridgehead atoms. The first kappa shape index (κ1) is 19.0. The number of carbonyl (C=O) groups is 1. The molecule has 3 rings (SSSR count). The predicted molar refractivity (Wildman–Crippen MR) is 99.1 cm³/mol. The number of benzene rings is 1. The highest BCUT2D eigenvalue weighted by atomic mass is 32.2. The predicted octanol–water partition coefficient (Wildman–Crippen LogP) is 2.57. The van der Waals surface area contributed by atoms with Gasteiger partial charge in [-0.05, 0) is 43.0 Å². The van der Waals surface area contributed by atoms with Crippen molar-refractivity contribution in [2.45, 2.75) is 29.9 Å². The van der Waals surface area contributed by atoms with Gasteiger partial charge in [0.2, 0.25) is 5.91 Å². The van der Waals surface area contributed by atoms with Gasteiger partial charge in [-0.15, -0.1) is 11.3 Å². The molecule has 0 atom stereocenters. The molecule has 1 saturated heterocycles. The van der Waals surface area contributed by atoms with E-state index in [9.17, 15) is 17.6 Å². The van der Waals surface area contributed by atoms with Crippen molar-refractivity contribution in [1.82, 2.24) is 9.62 Å². The van der Waals surface area contributed by atoms with Gasteiger partial charge in [0.15, 0.2) is 0 Å². The van der Waals surface area contributed by atoms with Crippen molar-refractivity contribution < 1.29 is 17.6 Å². The molecule has 1 aliphatic rings. The van der Waals surface area contributed by atoms with Crippen LogP contribution >= 0.6 is 11.3 Å². The first-order valence-electron chi connectivity index (χ1n) is 8.56. The van der Waals surface area contributed by atoms with Crippen molar-refractivity contribution in [3.63, 3.8) is 0 Å². The Kier molecular flexibility index (Phi) is 6.05. The lowest BCUT2D eigenvalue weighted by molar-refractivity contribution is -0.120. The minimum atomic E-state index is -3.43. The Hall–Kier alpha value is -1.77. The van der Waals surface area contributed by atoms with Crippen LogP contribution in [0.3, 0.4) is 0 Å². The molecule has 0 aliphatic carbocycles. The van der Waals surface area contributed by atoms with E-state index in [2.05, 4.69) is 5.32 Å². The third kappa shape index (κ3) is 4.49. The van der Waals surface area contributed by atoms with E-state index in [1.165, 1.54) is 10.4 Å². The molecular weight excluding hydrogens is 375 g/mol. The third-order valence-corrected chi connectivity index (χ3v) is 7.76. The van der Waals surface area contributed by atoms with Crippen LogP contribution in [0.25, 0.3) is 0 Å². The first-order chi connectivity index (χ1) is 12.5. The van der Waals surface area contributed by atoms with E-state index in [0.717, 1.165) is 24.2 Å². The Morgan fingerprint density at radius 2 is 1.88 bits per heavy atom. The maximum Gasteiger partial charge on any atom is 0.252 e. The van der Waals surface area contributed by atoms with Crippen molar-refractivity contribution in [1.29, 1.82) is 0 Å². The summed E-state index contributed by atoms with van der Waals surface area (Å²) in [7, 11) is -3.43. The van der Waals surface area contributed by atoms with Crippen LogP contribution < -0.4 is 5.32 Å². The fourth-order valence-corrected chi connectivity index (χ4v) is 5.93. The van der Waals surface area contributed by atoms with Gasteiger partial charge in [0.05, 0.1) is 6.42 Å². The van der Waals surface area contributed by atoms with Crippen LogP contribution in [-0.2, 0) is 27.7 Å². The quantitative estimate of drug-likeness (QED) is 0.782. The minimum Gasteiger partial charge on any atom is -0.355 e. The van der Waals surface area contributed by atoms with Crippen LogP contribution in [0.4, 0.5) is 4.39 Å². The number of amides is 1. The lowest BCUT2D eigenvalue weighted by Gasteiger charge is -2.13. The molecule has 1 aromatic heterocycles. The van der Waals surface area contributed by atoms with Crippen LogP contribution in [0, 0.1) is 5.82 Å². The van der Waals surface area contributed by atoms with E-state index >= 15 is 0 Å². The van der Waals surface area contributed by atoms with Crippen molar-refractivity contribution >= 4 is 27.3 Å². The molecule has 5 nitrogen and oxygen atoms in total. The largest absolute Gasteiger partial charge is 0.355 e. The molecular formula is C18H21FN2O3S2. The van der Waals surface area contributed by atoms with E-state index in [1.54, 1.807) is 30.3 Å². The molecule has 0 radical (unpaired) electrons. The number of hydrogen-bond donors (Lipinski definition) is 1. The van der Waals surface area contributed by atoms with E-state index in [-0.39, 0.29) is 22.4 Å². The van der Waals surface area contributed by atoms with Crippen LogP contribution in [-0.4, -0.2) is 38.3 Å². The highest BCUT2D eigenvalue weighted by molar-refractivity contribution is 7.91. The summed E-state index contributed by atoms with van der Waals surface area (Å²) in [5.74, 6) is -0.481. The number of carbonyl (C=O) groups excluding carboxylic acids is 1. The number of halogens is 1. The van der Waals surface area contributed by atoms with Gasteiger partial charge in [-0.1, -0.05) is 18.2 Å². The molecule has 26 heavy (non-hydrogen) atoms. The Bertz CT molecular complexity index is 874. The summed E-state index contributed by atoms with van der Waals surface area (Å²) >= 11 is 1.14. The zero-order valence-corrected chi connectivity index (χ0v) is 15.9. The SMILES string of the molecule is O=C(Cc1ccc(S(=O)(=O)N2CCCC2)s1)NCCc1ccccc1F. The molecule has 1 N–H and O–H groups in total. The number of nitrogens with one attached hydrogen (secondary N) is 1. The second-order valence-corrected chi connectivity index (χ2v) is 9.53. The maximum absolute atomic E-state index is 13.5. The van der Waals surface area contributed by atoms with Gasteiger partial charge in [-0.2, -0.15) is 4.31 Å².